The van der Waals surface area contributed by atoms with Gasteiger partial charge in [-0.25, -0.2) is 8.42 Å². The molecule has 0 unspecified atom stereocenters. The molecule has 0 aromatic heterocycles. The monoisotopic (exact) mass is 337 g/mol. The summed E-state index contributed by atoms with van der Waals surface area (Å²) >= 11 is 0. The Bertz CT molecular complexity index is 708. The van der Waals surface area contributed by atoms with Crippen molar-refractivity contribution in [3.63, 3.8) is 0 Å². The van der Waals surface area contributed by atoms with E-state index in [0.717, 1.165) is 6.92 Å². The van der Waals surface area contributed by atoms with Crippen LogP contribution in [0, 0.1) is 5.41 Å². The highest BCUT2D eigenvalue weighted by Gasteiger charge is 2.33. The number of carboxylic acids is 1. The number of hydrogen-bond donors (Lipinski definition) is 3. The number of guanidine groups is 1. The largest absolute Gasteiger partial charge is 0.481 e. The number of hydrogen-bond acceptors (Lipinski definition) is 6. The highest BCUT2D eigenvalue weighted by atomic mass is 32.3. The van der Waals surface area contributed by atoms with Gasteiger partial charge >= 0.3 is 0 Å². The van der Waals surface area contributed by atoms with Crippen LogP contribution in [0.15, 0.2) is 35.2 Å². The molecule has 0 amide bonds. The van der Waals surface area contributed by atoms with Crippen LogP contribution >= 0.6 is 0 Å². The lowest BCUT2D eigenvalue weighted by Gasteiger charge is -2.19. The molecule has 1 aromatic carbocycles. The van der Waals surface area contributed by atoms with E-state index >= 15 is 0 Å². The van der Waals surface area contributed by atoms with Crippen LogP contribution in [0.3, 0.4) is 0 Å². The first-order valence-corrected chi connectivity index (χ1v) is 8.53. The average molecular weight is 337 g/mol. The fourth-order valence-electron chi connectivity index (χ4n) is 1.17. The predicted molar refractivity (Wildman–Crippen MR) is 75.5 cm³/mol. The third kappa shape index (κ3) is 5.79. The molecule has 11 heteroatoms. The molecule has 21 heavy (non-hydrogen) atoms. The lowest BCUT2D eigenvalue weighted by atomic mass is 10.4. The Morgan fingerprint density at radius 2 is 1.57 bits per heavy atom. The van der Waals surface area contributed by atoms with Crippen molar-refractivity contribution in [2.75, 3.05) is 6.26 Å². The molecule has 1 aromatic rings. The van der Waals surface area contributed by atoms with Crippen molar-refractivity contribution < 1.29 is 26.7 Å². The quantitative estimate of drug-likeness (QED) is 0.500. The molecule has 0 bridgehead atoms. The minimum Gasteiger partial charge on any atom is -0.481 e. The van der Waals surface area contributed by atoms with Gasteiger partial charge in [-0.15, -0.1) is 3.71 Å². The van der Waals surface area contributed by atoms with E-state index in [4.69, 9.17) is 21.0 Å². The molecule has 0 saturated heterocycles. The smallest absolute Gasteiger partial charge is 0.300 e. The number of aliphatic carboxylic acids is 1. The molecular weight excluding hydrogens is 322 g/mol. The molecule has 0 aliphatic carbocycles. The number of nitrogens with zero attached hydrogens (tertiary/aromatic N) is 1. The van der Waals surface area contributed by atoms with Crippen LogP contribution < -0.4 is 5.73 Å². The van der Waals surface area contributed by atoms with Gasteiger partial charge in [0.25, 0.3) is 16.0 Å². The number of nitrogens with two attached hydrogens (primary N) is 1. The molecule has 1 rings (SSSR count). The Labute approximate surface area is 122 Å². The van der Waals surface area contributed by atoms with Crippen molar-refractivity contribution in [3.8, 4) is 0 Å². The Balaban J connectivity index is 0.000000885. The van der Waals surface area contributed by atoms with Gasteiger partial charge in [0.1, 0.15) is 0 Å². The van der Waals surface area contributed by atoms with Gasteiger partial charge in [0.15, 0.2) is 0 Å². The maximum Gasteiger partial charge on any atom is 0.300 e. The van der Waals surface area contributed by atoms with Gasteiger partial charge in [0.2, 0.25) is 16.0 Å². The van der Waals surface area contributed by atoms with Crippen LogP contribution in [0.25, 0.3) is 0 Å². The zero-order chi connectivity index (χ0) is 16.8. The topological polar surface area (TPSA) is 159 Å². The maximum atomic E-state index is 11.9. The Kier molecular flexibility index (Phi) is 6.32. The highest BCUT2D eigenvalue weighted by molar-refractivity contribution is 8.04. The van der Waals surface area contributed by atoms with Crippen molar-refractivity contribution >= 4 is 32.0 Å². The standard InChI is InChI=1S/C8H11N3O4S2.C2H4O2/c1-16(12,13)11(8(9)10)17(14,15)7-5-3-2-4-6-7;1-2(3)4/h2-6H,1H3,(H3,9,10);1H3,(H,3,4). The number of nitrogens with one attached hydrogen (secondary N) is 1. The summed E-state index contributed by atoms with van der Waals surface area (Å²) in [6, 6.07) is 6.89. The number of carbonyl (C=O) groups is 1. The summed E-state index contributed by atoms with van der Waals surface area (Å²) in [5.74, 6) is -1.91. The van der Waals surface area contributed by atoms with Crippen LogP contribution in [0.4, 0.5) is 0 Å². The average Bonchev–Trinajstić information content (AvgIpc) is 2.26. The number of rotatable bonds is 3. The van der Waals surface area contributed by atoms with Gasteiger partial charge < -0.3 is 10.8 Å². The summed E-state index contributed by atoms with van der Waals surface area (Å²) in [4.78, 5) is 8.75. The zero-order valence-electron chi connectivity index (χ0n) is 11.2. The Morgan fingerprint density at radius 1 is 1.19 bits per heavy atom. The van der Waals surface area contributed by atoms with Gasteiger partial charge in [-0.2, -0.15) is 8.42 Å². The SMILES string of the molecule is CC(=O)O.CS(=O)(=O)N(C(=N)N)S(=O)(=O)c1ccccc1. The van der Waals surface area contributed by atoms with Crippen molar-refractivity contribution in [2.24, 2.45) is 5.73 Å². The Morgan fingerprint density at radius 3 is 1.86 bits per heavy atom. The van der Waals surface area contributed by atoms with E-state index in [1.807, 2.05) is 0 Å². The lowest BCUT2D eigenvalue weighted by molar-refractivity contribution is -0.134. The fourth-order valence-corrected chi connectivity index (χ4v) is 4.17. The van der Waals surface area contributed by atoms with Crippen molar-refractivity contribution in [1.29, 1.82) is 5.41 Å². The molecule has 0 saturated carbocycles. The minimum atomic E-state index is -4.36. The second-order valence-electron chi connectivity index (χ2n) is 3.68. The number of benzene rings is 1. The molecule has 0 fully saturated rings. The molecule has 118 valence electrons. The molecule has 0 spiro atoms. The van der Waals surface area contributed by atoms with Gasteiger partial charge in [-0.05, 0) is 12.1 Å². The predicted octanol–water partition coefficient (Wildman–Crippen LogP) is -0.379. The molecule has 4 N–H and O–H groups in total. The summed E-state index contributed by atoms with van der Waals surface area (Å²) in [5, 5.41) is 14.5. The van der Waals surface area contributed by atoms with Gasteiger partial charge in [0.05, 0.1) is 11.2 Å². The number of carboxylic acid groups (broad SMARTS) is 1. The lowest BCUT2D eigenvalue weighted by Crippen LogP contribution is -2.44. The summed E-state index contributed by atoms with van der Waals surface area (Å²) < 4.78 is 46.4. The van der Waals surface area contributed by atoms with Crippen molar-refractivity contribution in [1.82, 2.24) is 3.71 Å². The van der Waals surface area contributed by atoms with Crippen LogP contribution in [-0.4, -0.2) is 43.8 Å². The van der Waals surface area contributed by atoms with Crippen molar-refractivity contribution in [2.45, 2.75) is 11.8 Å². The van der Waals surface area contributed by atoms with E-state index in [2.05, 4.69) is 0 Å². The summed E-state index contributed by atoms with van der Waals surface area (Å²) in [7, 11) is -8.54. The normalized spacial score (nSPS) is 11.0. The van der Waals surface area contributed by atoms with E-state index < -0.39 is 32.0 Å². The van der Waals surface area contributed by atoms with E-state index in [9.17, 15) is 16.8 Å². The molecule has 0 atom stereocenters. The second kappa shape index (κ2) is 7.04. The first kappa shape index (κ1) is 18.9. The zero-order valence-corrected chi connectivity index (χ0v) is 12.8. The van der Waals surface area contributed by atoms with E-state index in [-0.39, 0.29) is 8.61 Å². The maximum absolute atomic E-state index is 11.9. The second-order valence-corrected chi connectivity index (χ2v) is 7.53. The van der Waals surface area contributed by atoms with E-state index in [1.54, 1.807) is 6.07 Å². The summed E-state index contributed by atoms with van der Waals surface area (Å²) in [5.41, 5.74) is 5.00. The molecule has 0 aliphatic rings. The van der Waals surface area contributed by atoms with Gasteiger partial charge in [0, 0.05) is 6.92 Å². The van der Waals surface area contributed by atoms with Crippen LogP contribution in [0.2, 0.25) is 0 Å². The molecular formula is C10H15N3O6S2. The van der Waals surface area contributed by atoms with Crippen LogP contribution in [0.5, 0.6) is 0 Å². The molecule has 0 radical (unpaired) electrons. The van der Waals surface area contributed by atoms with Crippen LogP contribution in [0.1, 0.15) is 6.92 Å². The number of sulfonamides is 2. The minimum absolute atomic E-state index is 0.116. The third-order valence-electron chi connectivity index (χ3n) is 1.76. The first-order chi connectivity index (χ1) is 9.40. The summed E-state index contributed by atoms with van der Waals surface area (Å²) in [6.07, 6.45) is 0.662. The molecule has 0 heterocycles. The van der Waals surface area contributed by atoms with E-state index in [1.165, 1.54) is 24.3 Å². The highest BCUT2D eigenvalue weighted by Crippen LogP contribution is 2.17. The molecule has 9 nitrogen and oxygen atoms in total. The van der Waals surface area contributed by atoms with Crippen molar-refractivity contribution in [3.05, 3.63) is 30.3 Å². The fraction of sp³-hybridized carbons (Fsp3) is 0.200. The Hall–Kier alpha value is -2.14. The third-order valence-corrected chi connectivity index (χ3v) is 5.46. The molecule has 0 aliphatic heterocycles. The first-order valence-electron chi connectivity index (χ1n) is 5.24. The van der Waals surface area contributed by atoms with Gasteiger partial charge in [-0.1, -0.05) is 18.2 Å². The summed E-state index contributed by atoms with van der Waals surface area (Å²) in [6.45, 7) is 1.08. The van der Waals surface area contributed by atoms with Crippen LogP contribution in [-0.2, 0) is 24.8 Å². The van der Waals surface area contributed by atoms with E-state index in [0.29, 0.717) is 6.26 Å². The van der Waals surface area contributed by atoms with Gasteiger partial charge in [-0.3, -0.25) is 10.2 Å².